The maximum absolute atomic E-state index is 11.0. The Labute approximate surface area is 123 Å². The van der Waals surface area contributed by atoms with Crippen molar-refractivity contribution in [3.63, 3.8) is 0 Å². The maximum Gasteiger partial charge on any atom is 0.406 e. The van der Waals surface area contributed by atoms with E-state index in [2.05, 4.69) is 15.0 Å². The number of amides is 1. The van der Waals surface area contributed by atoms with E-state index in [-0.39, 0.29) is 0 Å². The molecule has 1 aromatic heterocycles. The highest BCUT2D eigenvalue weighted by atomic mass is 16.5. The third-order valence-corrected chi connectivity index (χ3v) is 3.05. The number of aryl methyl sites for hydroxylation is 1. The zero-order valence-electron chi connectivity index (χ0n) is 12.3. The molecule has 6 nitrogen and oxygen atoms in total. The van der Waals surface area contributed by atoms with Crippen molar-refractivity contribution in [1.82, 2.24) is 10.3 Å². The van der Waals surface area contributed by atoms with Crippen LogP contribution < -0.4 is 10.1 Å². The largest absolute Gasteiger partial charge is 0.497 e. The van der Waals surface area contributed by atoms with E-state index in [1.807, 2.05) is 31.2 Å². The summed E-state index contributed by atoms with van der Waals surface area (Å²) in [5.41, 5.74) is 1.70. The number of ether oxygens (including phenoxy) is 2. The molecular formula is C15H18N2O4. The van der Waals surface area contributed by atoms with Crippen molar-refractivity contribution in [3.05, 3.63) is 35.7 Å². The minimum absolute atomic E-state index is 0.447. The van der Waals surface area contributed by atoms with Crippen molar-refractivity contribution in [1.29, 1.82) is 0 Å². The fourth-order valence-electron chi connectivity index (χ4n) is 1.87. The van der Waals surface area contributed by atoms with Gasteiger partial charge in [-0.3, -0.25) is 0 Å². The van der Waals surface area contributed by atoms with Crippen LogP contribution in [0.4, 0.5) is 4.79 Å². The summed E-state index contributed by atoms with van der Waals surface area (Å²) in [6.07, 6.45) is 0.132. The monoisotopic (exact) mass is 290 g/mol. The van der Waals surface area contributed by atoms with E-state index in [0.717, 1.165) is 22.8 Å². The number of nitrogens with zero attached hydrogens (tertiary/aromatic N) is 1. The van der Waals surface area contributed by atoms with Gasteiger partial charge in [-0.15, -0.1) is 0 Å². The van der Waals surface area contributed by atoms with Crippen molar-refractivity contribution in [3.8, 4) is 17.2 Å². The highest BCUT2D eigenvalue weighted by Gasteiger charge is 2.11. The number of oxazole rings is 1. The Bertz CT molecular complexity index is 605. The first-order valence-corrected chi connectivity index (χ1v) is 6.56. The summed E-state index contributed by atoms with van der Waals surface area (Å²) in [7, 11) is 2.95. The number of carbonyl (C=O) groups excluding carboxylic acids is 1. The Hall–Kier alpha value is -2.50. The van der Waals surface area contributed by atoms with Crippen LogP contribution in [0.5, 0.6) is 5.75 Å². The second-order valence-corrected chi connectivity index (χ2v) is 4.42. The van der Waals surface area contributed by atoms with Crippen molar-refractivity contribution >= 4 is 6.09 Å². The van der Waals surface area contributed by atoms with E-state index in [4.69, 9.17) is 9.15 Å². The number of hydrogen-bond acceptors (Lipinski definition) is 5. The maximum atomic E-state index is 11.0. The zero-order chi connectivity index (χ0) is 15.2. The van der Waals surface area contributed by atoms with Crippen molar-refractivity contribution in [2.45, 2.75) is 13.3 Å². The summed E-state index contributed by atoms with van der Waals surface area (Å²) in [6, 6.07) is 7.49. The van der Waals surface area contributed by atoms with Crippen LogP contribution >= 0.6 is 0 Å². The van der Waals surface area contributed by atoms with Crippen LogP contribution in [-0.4, -0.2) is 31.8 Å². The van der Waals surface area contributed by atoms with Gasteiger partial charge in [0.25, 0.3) is 0 Å². The molecule has 0 bridgehead atoms. The molecule has 0 spiro atoms. The zero-order valence-corrected chi connectivity index (χ0v) is 12.3. The molecule has 0 unspecified atom stereocenters. The van der Waals surface area contributed by atoms with Gasteiger partial charge in [-0.25, -0.2) is 9.78 Å². The summed E-state index contributed by atoms with van der Waals surface area (Å²) in [5, 5.41) is 2.61. The number of rotatable bonds is 5. The van der Waals surface area contributed by atoms with Gasteiger partial charge in [-0.1, -0.05) is 0 Å². The van der Waals surface area contributed by atoms with Gasteiger partial charge in [0.1, 0.15) is 11.5 Å². The van der Waals surface area contributed by atoms with Gasteiger partial charge < -0.3 is 19.2 Å². The SMILES string of the molecule is COC(=O)NCCc1nc(-c2ccc(OC)cc2)oc1C. The lowest BCUT2D eigenvalue weighted by molar-refractivity contribution is 0.171. The van der Waals surface area contributed by atoms with E-state index in [0.29, 0.717) is 18.9 Å². The van der Waals surface area contributed by atoms with Gasteiger partial charge in [-0.2, -0.15) is 0 Å². The van der Waals surface area contributed by atoms with Crippen LogP contribution in [0.25, 0.3) is 11.5 Å². The molecule has 2 rings (SSSR count). The third kappa shape index (κ3) is 3.75. The molecule has 6 heteroatoms. The Morgan fingerprint density at radius 1 is 1.29 bits per heavy atom. The molecule has 1 heterocycles. The molecule has 0 saturated heterocycles. The quantitative estimate of drug-likeness (QED) is 0.916. The average molecular weight is 290 g/mol. The molecule has 1 N–H and O–H groups in total. The lowest BCUT2D eigenvalue weighted by Crippen LogP contribution is -2.25. The summed E-state index contributed by atoms with van der Waals surface area (Å²) in [5.74, 6) is 2.08. The number of hydrogen-bond donors (Lipinski definition) is 1. The number of nitrogens with one attached hydrogen (secondary N) is 1. The number of benzene rings is 1. The molecule has 112 valence electrons. The van der Waals surface area contributed by atoms with Gasteiger partial charge in [0.2, 0.25) is 5.89 Å². The first-order chi connectivity index (χ1) is 10.1. The standard InChI is InChI=1S/C15H18N2O4/c1-10-13(8-9-16-15(18)20-3)17-14(21-10)11-4-6-12(19-2)7-5-11/h4-7H,8-9H2,1-3H3,(H,16,18). The van der Waals surface area contributed by atoms with E-state index in [9.17, 15) is 4.79 Å². The Balaban J connectivity index is 2.05. The number of carbonyl (C=O) groups is 1. The molecular weight excluding hydrogens is 272 g/mol. The molecule has 0 aliphatic heterocycles. The van der Waals surface area contributed by atoms with Gasteiger partial charge in [0.15, 0.2) is 0 Å². The smallest absolute Gasteiger partial charge is 0.406 e. The second-order valence-electron chi connectivity index (χ2n) is 4.42. The molecule has 0 saturated carbocycles. The van der Waals surface area contributed by atoms with Gasteiger partial charge in [-0.05, 0) is 31.2 Å². The molecule has 1 amide bonds. The number of alkyl carbamates (subject to hydrolysis) is 1. The van der Waals surface area contributed by atoms with Gasteiger partial charge >= 0.3 is 6.09 Å². The molecule has 1 aromatic carbocycles. The summed E-state index contributed by atoms with van der Waals surface area (Å²) >= 11 is 0. The molecule has 0 fully saturated rings. The highest BCUT2D eigenvalue weighted by molar-refractivity contribution is 5.66. The molecule has 0 atom stereocenters. The third-order valence-electron chi connectivity index (χ3n) is 3.05. The van der Waals surface area contributed by atoms with Crippen LogP contribution in [0.3, 0.4) is 0 Å². The Kier molecular flexibility index (Phi) is 4.81. The van der Waals surface area contributed by atoms with E-state index >= 15 is 0 Å². The van der Waals surface area contributed by atoms with Crippen molar-refractivity contribution in [2.75, 3.05) is 20.8 Å². The highest BCUT2D eigenvalue weighted by Crippen LogP contribution is 2.24. The predicted molar refractivity (Wildman–Crippen MR) is 77.3 cm³/mol. The molecule has 0 aliphatic rings. The van der Waals surface area contributed by atoms with Gasteiger partial charge in [0, 0.05) is 18.5 Å². The van der Waals surface area contributed by atoms with Crippen molar-refractivity contribution in [2.24, 2.45) is 0 Å². The topological polar surface area (TPSA) is 73.6 Å². The average Bonchev–Trinajstić information content (AvgIpc) is 2.88. The van der Waals surface area contributed by atoms with Crippen LogP contribution in [0.1, 0.15) is 11.5 Å². The van der Waals surface area contributed by atoms with Crippen molar-refractivity contribution < 1.29 is 18.7 Å². The Morgan fingerprint density at radius 2 is 2.00 bits per heavy atom. The fourth-order valence-corrected chi connectivity index (χ4v) is 1.87. The minimum Gasteiger partial charge on any atom is -0.497 e. The van der Waals surface area contributed by atoms with Crippen LogP contribution in [0.15, 0.2) is 28.7 Å². The fraction of sp³-hybridized carbons (Fsp3) is 0.333. The second kappa shape index (κ2) is 6.78. The lowest BCUT2D eigenvalue weighted by Gasteiger charge is -2.01. The normalized spacial score (nSPS) is 10.2. The number of methoxy groups -OCH3 is 2. The minimum atomic E-state index is -0.452. The van der Waals surface area contributed by atoms with Crippen LogP contribution in [-0.2, 0) is 11.2 Å². The van der Waals surface area contributed by atoms with Crippen LogP contribution in [0.2, 0.25) is 0 Å². The summed E-state index contributed by atoms with van der Waals surface area (Å²) < 4.78 is 15.3. The van der Waals surface area contributed by atoms with E-state index < -0.39 is 6.09 Å². The van der Waals surface area contributed by atoms with Crippen LogP contribution in [0, 0.1) is 6.92 Å². The molecule has 0 radical (unpaired) electrons. The first kappa shape index (κ1) is 14.9. The predicted octanol–water partition coefficient (Wildman–Crippen LogP) is 2.56. The first-order valence-electron chi connectivity index (χ1n) is 6.56. The summed E-state index contributed by atoms with van der Waals surface area (Å²) in [6.45, 7) is 2.30. The van der Waals surface area contributed by atoms with Gasteiger partial charge in [0.05, 0.1) is 19.9 Å². The lowest BCUT2D eigenvalue weighted by atomic mass is 10.2. The molecule has 0 aliphatic carbocycles. The van der Waals surface area contributed by atoms with E-state index in [1.165, 1.54) is 7.11 Å². The molecule has 2 aromatic rings. The summed E-state index contributed by atoms with van der Waals surface area (Å²) in [4.78, 5) is 15.4. The Morgan fingerprint density at radius 3 is 2.62 bits per heavy atom. The van der Waals surface area contributed by atoms with E-state index in [1.54, 1.807) is 7.11 Å². The molecule has 21 heavy (non-hydrogen) atoms. The number of aromatic nitrogens is 1.